The van der Waals surface area contributed by atoms with Crippen LogP contribution in [0.1, 0.15) is 45.1 Å². The lowest BCUT2D eigenvalue weighted by molar-refractivity contribution is -0.139. The van der Waals surface area contributed by atoms with Crippen LogP contribution in [0.5, 0.6) is 5.75 Å². The molecule has 2 aliphatic heterocycles. The molecule has 12 heteroatoms. The standard InChI is InChI=1S/C33H37FN4O7/c1-33(2,3)45-32(41)37-16-14-20(15-17-37)19-44-24-13-9-12-23(34)27(24)38-28(31(40)43-5)26(30(39)42-4)25(22(18-35)29(38)36)21-10-7-6-8-11-21/h6-13,20,25H,14-17,19,36H2,1-5H3. The van der Waals surface area contributed by atoms with E-state index in [0.717, 1.165) is 25.2 Å². The SMILES string of the molecule is COC(=O)C1=C(C(=O)OC)N(c2c(F)cccc2OCC2CCN(C(=O)OC(C)(C)C)CC2)C(N)=C(C#N)C1c1ccccc1. The predicted molar refractivity (Wildman–Crippen MR) is 162 cm³/mol. The molecule has 2 heterocycles. The van der Waals surface area contributed by atoms with Crippen molar-refractivity contribution in [1.29, 1.82) is 5.26 Å². The molecule has 1 unspecified atom stereocenters. The highest BCUT2D eigenvalue weighted by molar-refractivity contribution is 6.06. The minimum atomic E-state index is -1.10. The van der Waals surface area contributed by atoms with E-state index < -0.39 is 35.0 Å². The quantitative estimate of drug-likeness (QED) is 0.340. The van der Waals surface area contributed by atoms with Crippen LogP contribution in [0.3, 0.4) is 0 Å². The Bertz CT molecular complexity index is 1550. The van der Waals surface area contributed by atoms with Crippen LogP contribution in [0.2, 0.25) is 0 Å². The molecule has 0 radical (unpaired) electrons. The topological polar surface area (TPSA) is 144 Å². The molecule has 1 saturated heterocycles. The Morgan fingerprint density at radius 1 is 1.00 bits per heavy atom. The summed E-state index contributed by atoms with van der Waals surface area (Å²) in [4.78, 5) is 41.8. The third-order valence-electron chi connectivity index (χ3n) is 7.52. The van der Waals surface area contributed by atoms with Gasteiger partial charge in [0.15, 0.2) is 5.82 Å². The number of carbonyl (C=O) groups is 3. The minimum Gasteiger partial charge on any atom is -0.491 e. The van der Waals surface area contributed by atoms with E-state index in [1.54, 1.807) is 35.2 Å². The molecule has 1 atom stereocenters. The van der Waals surface area contributed by atoms with Gasteiger partial charge in [0.2, 0.25) is 0 Å². The smallest absolute Gasteiger partial charge is 0.410 e. The van der Waals surface area contributed by atoms with Crippen LogP contribution in [0, 0.1) is 23.1 Å². The van der Waals surface area contributed by atoms with Crippen molar-refractivity contribution in [3.8, 4) is 11.8 Å². The normalized spacial score (nSPS) is 17.5. The molecule has 45 heavy (non-hydrogen) atoms. The van der Waals surface area contributed by atoms with Crippen LogP contribution >= 0.6 is 0 Å². The van der Waals surface area contributed by atoms with E-state index in [4.69, 9.17) is 24.7 Å². The summed E-state index contributed by atoms with van der Waals surface area (Å²) in [6, 6.07) is 14.7. The number of methoxy groups -OCH3 is 2. The summed E-state index contributed by atoms with van der Waals surface area (Å²) in [5.74, 6) is -4.08. The lowest BCUT2D eigenvalue weighted by Crippen LogP contribution is -2.42. The van der Waals surface area contributed by atoms with Gasteiger partial charge in [-0.2, -0.15) is 5.26 Å². The van der Waals surface area contributed by atoms with Gasteiger partial charge in [0.25, 0.3) is 0 Å². The molecule has 4 rings (SSSR count). The zero-order chi connectivity index (χ0) is 32.9. The van der Waals surface area contributed by atoms with Crippen molar-refractivity contribution in [3.63, 3.8) is 0 Å². The van der Waals surface area contributed by atoms with Gasteiger partial charge in [0.1, 0.15) is 28.6 Å². The van der Waals surface area contributed by atoms with E-state index in [-0.39, 0.29) is 47.0 Å². The number of nitriles is 1. The maximum atomic E-state index is 15.8. The lowest BCUT2D eigenvalue weighted by Gasteiger charge is -2.37. The highest BCUT2D eigenvalue weighted by Crippen LogP contribution is 2.46. The summed E-state index contributed by atoms with van der Waals surface area (Å²) < 4.78 is 37.5. The molecule has 2 aromatic carbocycles. The number of hydrogen-bond donors (Lipinski definition) is 1. The van der Waals surface area contributed by atoms with Gasteiger partial charge >= 0.3 is 18.0 Å². The van der Waals surface area contributed by atoms with Gasteiger partial charge in [0, 0.05) is 13.1 Å². The number of allylic oxidation sites excluding steroid dienone is 1. The van der Waals surface area contributed by atoms with Crippen molar-refractivity contribution in [2.24, 2.45) is 11.7 Å². The number of amides is 1. The molecule has 0 spiro atoms. The molecule has 2 aliphatic rings. The molecule has 238 valence electrons. The van der Waals surface area contributed by atoms with E-state index in [2.05, 4.69) is 6.07 Å². The van der Waals surface area contributed by atoms with Crippen molar-refractivity contribution in [2.45, 2.75) is 45.1 Å². The average Bonchev–Trinajstić information content (AvgIpc) is 3.02. The van der Waals surface area contributed by atoms with Gasteiger partial charge in [-0.05, 0) is 57.2 Å². The Hall–Kier alpha value is -5.05. The molecule has 1 fully saturated rings. The number of benzene rings is 2. The second-order valence-corrected chi connectivity index (χ2v) is 11.6. The Labute approximate surface area is 261 Å². The number of esters is 2. The lowest BCUT2D eigenvalue weighted by atomic mass is 9.81. The fourth-order valence-corrected chi connectivity index (χ4v) is 5.39. The summed E-state index contributed by atoms with van der Waals surface area (Å²) in [5.41, 5.74) is 5.42. The van der Waals surface area contributed by atoms with Crippen molar-refractivity contribution >= 4 is 23.7 Å². The fourth-order valence-electron chi connectivity index (χ4n) is 5.39. The molecule has 2 aromatic rings. The Morgan fingerprint density at radius 2 is 1.64 bits per heavy atom. The Morgan fingerprint density at radius 3 is 2.22 bits per heavy atom. The predicted octanol–water partition coefficient (Wildman–Crippen LogP) is 4.75. The molecular weight excluding hydrogens is 583 g/mol. The first-order valence-electron chi connectivity index (χ1n) is 14.5. The average molecular weight is 621 g/mol. The van der Waals surface area contributed by atoms with Gasteiger partial charge in [-0.25, -0.2) is 18.8 Å². The number of rotatable bonds is 7. The number of para-hydroxylation sites is 1. The highest BCUT2D eigenvalue weighted by Gasteiger charge is 2.44. The van der Waals surface area contributed by atoms with Crippen LogP contribution in [-0.4, -0.2) is 62.4 Å². The number of carbonyl (C=O) groups excluding carboxylic acids is 3. The van der Waals surface area contributed by atoms with E-state index in [0.29, 0.717) is 31.5 Å². The highest BCUT2D eigenvalue weighted by atomic mass is 19.1. The number of nitrogens with two attached hydrogens (primary N) is 1. The molecule has 1 amide bonds. The van der Waals surface area contributed by atoms with Crippen LogP contribution in [0.15, 0.2) is 71.2 Å². The first kappa shape index (κ1) is 32.9. The van der Waals surface area contributed by atoms with Crippen molar-refractivity contribution < 1.29 is 37.7 Å². The van der Waals surface area contributed by atoms with E-state index in [9.17, 15) is 19.6 Å². The molecule has 0 bridgehead atoms. The third kappa shape index (κ3) is 7.03. The summed E-state index contributed by atoms with van der Waals surface area (Å²) in [5, 5.41) is 10.3. The molecule has 2 N–H and O–H groups in total. The van der Waals surface area contributed by atoms with Crippen LogP contribution in [-0.2, 0) is 23.8 Å². The second-order valence-electron chi connectivity index (χ2n) is 11.6. The van der Waals surface area contributed by atoms with E-state index in [1.807, 2.05) is 20.8 Å². The number of likely N-dealkylation sites (tertiary alicyclic amines) is 1. The number of piperidine rings is 1. The van der Waals surface area contributed by atoms with Gasteiger partial charge in [-0.3, -0.25) is 4.90 Å². The number of hydrogen-bond acceptors (Lipinski definition) is 10. The monoisotopic (exact) mass is 620 g/mol. The molecule has 11 nitrogen and oxygen atoms in total. The molecule has 0 aromatic heterocycles. The molecule has 0 aliphatic carbocycles. The van der Waals surface area contributed by atoms with Crippen molar-refractivity contribution in [1.82, 2.24) is 4.90 Å². The van der Waals surface area contributed by atoms with Crippen LogP contribution < -0.4 is 15.4 Å². The number of ether oxygens (including phenoxy) is 4. The van der Waals surface area contributed by atoms with Crippen molar-refractivity contribution in [2.75, 3.05) is 38.8 Å². The van der Waals surface area contributed by atoms with Gasteiger partial charge in [0.05, 0.1) is 44.0 Å². The number of halogens is 1. The second kappa shape index (κ2) is 13.7. The molecule has 0 saturated carbocycles. The van der Waals surface area contributed by atoms with E-state index in [1.165, 1.54) is 12.1 Å². The van der Waals surface area contributed by atoms with Crippen molar-refractivity contribution in [3.05, 3.63) is 82.6 Å². The van der Waals surface area contributed by atoms with E-state index >= 15 is 4.39 Å². The van der Waals surface area contributed by atoms with Gasteiger partial charge in [-0.15, -0.1) is 0 Å². The molecular formula is C33H37FN4O7. The van der Waals surface area contributed by atoms with Gasteiger partial charge < -0.3 is 29.6 Å². The largest absolute Gasteiger partial charge is 0.491 e. The number of anilines is 1. The van der Waals surface area contributed by atoms with Crippen LogP contribution in [0.4, 0.5) is 14.9 Å². The number of nitrogens with zero attached hydrogens (tertiary/aromatic N) is 3. The summed E-state index contributed by atoms with van der Waals surface area (Å²) in [6.45, 7) is 6.51. The third-order valence-corrected chi connectivity index (χ3v) is 7.52. The zero-order valence-electron chi connectivity index (χ0n) is 26.0. The first-order valence-corrected chi connectivity index (χ1v) is 14.5. The summed E-state index contributed by atoms with van der Waals surface area (Å²) >= 11 is 0. The fraction of sp³-hybridized carbons (Fsp3) is 0.394. The maximum absolute atomic E-state index is 15.8. The first-order chi connectivity index (χ1) is 21.4. The maximum Gasteiger partial charge on any atom is 0.410 e. The Balaban J connectivity index is 1.73. The summed E-state index contributed by atoms with van der Waals surface area (Å²) in [6.07, 6.45) is 0.854. The Kier molecular flexibility index (Phi) is 10.0. The minimum absolute atomic E-state index is 0.0208. The van der Waals surface area contributed by atoms with Gasteiger partial charge in [-0.1, -0.05) is 36.4 Å². The summed E-state index contributed by atoms with van der Waals surface area (Å²) in [7, 11) is 2.25. The van der Waals surface area contributed by atoms with Crippen LogP contribution in [0.25, 0.3) is 0 Å². The zero-order valence-corrected chi connectivity index (χ0v) is 26.0.